The van der Waals surface area contributed by atoms with E-state index in [-0.39, 0.29) is 17.9 Å². The van der Waals surface area contributed by atoms with E-state index >= 15 is 0 Å². The Balaban J connectivity index is 1.96. The van der Waals surface area contributed by atoms with Crippen molar-refractivity contribution in [2.45, 2.75) is 38.0 Å². The Labute approximate surface area is 115 Å². The van der Waals surface area contributed by atoms with Crippen LogP contribution >= 0.6 is 0 Å². The number of carboxylic acid groups (broad SMARTS) is 1. The summed E-state index contributed by atoms with van der Waals surface area (Å²) >= 11 is 0. The molecule has 0 saturated carbocycles. The van der Waals surface area contributed by atoms with Gasteiger partial charge in [0.05, 0.1) is 19.8 Å². The van der Waals surface area contributed by atoms with Gasteiger partial charge in [0, 0.05) is 13.1 Å². The number of amides is 1. The Bertz CT molecular complexity index is 345. The number of carboxylic acids is 1. The van der Waals surface area contributed by atoms with Crippen LogP contribution in [0.15, 0.2) is 0 Å². The fourth-order valence-corrected chi connectivity index (χ4v) is 3.12. The minimum absolute atomic E-state index is 0.0476. The van der Waals surface area contributed by atoms with Crippen LogP contribution in [0, 0.1) is 11.8 Å². The Hall–Kier alpha value is -1.04. The van der Waals surface area contributed by atoms with Crippen LogP contribution in [0.2, 0.25) is 6.32 Å². The summed E-state index contributed by atoms with van der Waals surface area (Å²) in [7, 11) is 5.48. The highest BCUT2D eigenvalue weighted by Crippen LogP contribution is 2.29. The number of carbonyl (C=O) groups is 2. The summed E-state index contributed by atoms with van der Waals surface area (Å²) in [6.07, 6.45) is 4.05. The topological polar surface area (TPSA) is 69.6 Å². The predicted molar refractivity (Wildman–Crippen MR) is 72.0 cm³/mol. The maximum atomic E-state index is 12.3. The normalized spacial score (nSPS) is 30.7. The molecule has 6 heteroatoms. The molecule has 2 fully saturated rings. The highest BCUT2D eigenvalue weighted by atomic mass is 16.4. The van der Waals surface area contributed by atoms with E-state index in [4.69, 9.17) is 7.85 Å². The van der Waals surface area contributed by atoms with Crippen molar-refractivity contribution in [3.63, 3.8) is 0 Å². The molecular weight excluding hydrogens is 243 g/mol. The molecule has 3 atom stereocenters. The molecule has 19 heavy (non-hydrogen) atoms. The lowest BCUT2D eigenvalue weighted by Crippen LogP contribution is -2.42. The van der Waals surface area contributed by atoms with Crippen molar-refractivity contribution >= 4 is 19.7 Å². The number of nitrogens with zero attached hydrogens (tertiary/aromatic N) is 1. The Kier molecular flexibility index (Phi) is 4.85. The quantitative estimate of drug-likeness (QED) is 0.699. The van der Waals surface area contributed by atoms with Gasteiger partial charge < -0.3 is 15.3 Å². The van der Waals surface area contributed by atoms with Crippen molar-refractivity contribution in [2.75, 3.05) is 19.6 Å². The molecule has 1 amide bonds. The zero-order valence-electron chi connectivity index (χ0n) is 11.2. The van der Waals surface area contributed by atoms with Gasteiger partial charge in [0.2, 0.25) is 5.91 Å². The van der Waals surface area contributed by atoms with Crippen LogP contribution in [0.3, 0.4) is 0 Å². The van der Waals surface area contributed by atoms with Crippen LogP contribution in [0.4, 0.5) is 0 Å². The first kappa shape index (κ1) is 14.4. The summed E-state index contributed by atoms with van der Waals surface area (Å²) in [5.41, 5.74) is 0. The van der Waals surface area contributed by atoms with E-state index < -0.39 is 11.9 Å². The van der Waals surface area contributed by atoms with E-state index in [1.807, 2.05) is 0 Å². The Morgan fingerprint density at radius 3 is 2.74 bits per heavy atom. The standard InChI is InChI=1S/C13H21BN2O3/c14-5-1-3-9-7-16(8-10(9)13(18)19)12(17)11-4-2-6-15-11/h9-11,15H,1-8H2,(H,18,19)/t9-,10+,11?/m0/s1. The molecule has 5 nitrogen and oxygen atoms in total. The average Bonchev–Trinajstić information content (AvgIpc) is 3.04. The molecule has 2 aliphatic heterocycles. The van der Waals surface area contributed by atoms with Crippen LogP contribution in [0.5, 0.6) is 0 Å². The first-order chi connectivity index (χ1) is 9.13. The Morgan fingerprint density at radius 2 is 2.16 bits per heavy atom. The summed E-state index contributed by atoms with van der Waals surface area (Å²) in [5.74, 6) is -1.11. The van der Waals surface area contributed by atoms with Gasteiger partial charge in [0.25, 0.3) is 0 Å². The number of hydrogen-bond acceptors (Lipinski definition) is 3. The van der Waals surface area contributed by atoms with Gasteiger partial charge >= 0.3 is 5.97 Å². The molecule has 2 radical (unpaired) electrons. The third kappa shape index (κ3) is 3.29. The molecule has 2 saturated heterocycles. The molecule has 2 N–H and O–H groups in total. The number of likely N-dealkylation sites (tertiary alicyclic amines) is 1. The molecule has 2 heterocycles. The number of nitrogens with one attached hydrogen (secondary N) is 1. The summed E-state index contributed by atoms with van der Waals surface area (Å²) in [6.45, 7) is 1.79. The van der Waals surface area contributed by atoms with E-state index in [0.29, 0.717) is 19.4 Å². The molecule has 2 rings (SSSR count). The van der Waals surface area contributed by atoms with Gasteiger partial charge in [-0.15, -0.1) is 0 Å². The van der Waals surface area contributed by atoms with Crippen molar-refractivity contribution in [3.05, 3.63) is 0 Å². The van der Waals surface area contributed by atoms with Crippen molar-refractivity contribution in [2.24, 2.45) is 11.8 Å². The van der Waals surface area contributed by atoms with E-state index in [1.165, 1.54) is 0 Å². The van der Waals surface area contributed by atoms with Crippen LogP contribution in [0.25, 0.3) is 0 Å². The monoisotopic (exact) mass is 264 g/mol. The molecule has 0 aliphatic carbocycles. The van der Waals surface area contributed by atoms with E-state index in [9.17, 15) is 14.7 Å². The first-order valence-electron chi connectivity index (χ1n) is 7.08. The zero-order valence-corrected chi connectivity index (χ0v) is 11.2. The molecule has 0 aromatic carbocycles. The Morgan fingerprint density at radius 1 is 1.37 bits per heavy atom. The third-order valence-electron chi connectivity index (χ3n) is 4.21. The van der Waals surface area contributed by atoms with Crippen LogP contribution in [-0.2, 0) is 9.59 Å². The van der Waals surface area contributed by atoms with E-state index in [1.54, 1.807) is 4.90 Å². The van der Waals surface area contributed by atoms with Gasteiger partial charge in [0.1, 0.15) is 0 Å². The molecule has 0 aromatic rings. The second-order valence-corrected chi connectivity index (χ2v) is 5.53. The summed E-state index contributed by atoms with van der Waals surface area (Å²) < 4.78 is 0. The fraction of sp³-hybridized carbons (Fsp3) is 0.846. The largest absolute Gasteiger partial charge is 0.481 e. The zero-order chi connectivity index (χ0) is 13.8. The lowest BCUT2D eigenvalue weighted by Gasteiger charge is -2.20. The lowest BCUT2D eigenvalue weighted by molar-refractivity contribution is -0.142. The summed E-state index contributed by atoms with van der Waals surface area (Å²) in [6, 6.07) is -0.109. The van der Waals surface area contributed by atoms with Crippen molar-refractivity contribution in [1.82, 2.24) is 10.2 Å². The minimum atomic E-state index is -0.795. The van der Waals surface area contributed by atoms with Gasteiger partial charge in [-0.25, -0.2) is 0 Å². The maximum Gasteiger partial charge on any atom is 0.308 e. The predicted octanol–water partition coefficient (Wildman–Crippen LogP) is 0.265. The minimum Gasteiger partial charge on any atom is -0.481 e. The van der Waals surface area contributed by atoms with E-state index in [0.717, 1.165) is 32.2 Å². The van der Waals surface area contributed by atoms with Gasteiger partial charge in [-0.05, 0) is 31.7 Å². The number of carbonyl (C=O) groups excluding carboxylic acids is 1. The van der Waals surface area contributed by atoms with Gasteiger partial charge in [0.15, 0.2) is 0 Å². The number of aliphatic carboxylic acids is 1. The first-order valence-corrected chi connectivity index (χ1v) is 7.08. The highest BCUT2D eigenvalue weighted by molar-refractivity contribution is 6.08. The number of hydrogen-bond donors (Lipinski definition) is 2. The molecule has 0 aromatic heterocycles. The molecule has 2 aliphatic rings. The second kappa shape index (κ2) is 6.41. The highest BCUT2D eigenvalue weighted by Gasteiger charge is 2.40. The third-order valence-corrected chi connectivity index (χ3v) is 4.21. The van der Waals surface area contributed by atoms with Crippen LogP contribution < -0.4 is 5.32 Å². The average molecular weight is 264 g/mol. The molecule has 104 valence electrons. The lowest BCUT2D eigenvalue weighted by atomic mass is 9.88. The number of rotatable bonds is 5. The summed E-state index contributed by atoms with van der Waals surface area (Å²) in [5, 5.41) is 12.4. The van der Waals surface area contributed by atoms with Crippen molar-refractivity contribution in [1.29, 1.82) is 0 Å². The van der Waals surface area contributed by atoms with Crippen molar-refractivity contribution < 1.29 is 14.7 Å². The summed E-state index contributed by atoms with van der Waals surface area (Å²) in [4.78, 5) is 25.3. The SMILES string of the molecule is [B]CCC[C@H]1CN(C(=O)C2CCCN2)C[C@H]1C(=O)O. The smallest absolute Gasteiger partial charge is 0.308 e. The van der Waals surface area contributed by atoms with Gasteiger partial charge in [-0.1, -0.05) is 12.7 Å². The van der Waals surface area contributed by atoms with Gasteiger partial charge in [-0.2, -0.15) is 0 Å². The molecular formula is C13H21BN2O3. The fourth-order valence-electron chi connectivity index (χ4n) is 3.12. The molecule has 0 bridgehead atoms. The maximum absolute atomic E-state index is 12.3. The second-order valence-electron chi connectivity index (χ2n) is 5.53. The molecule has 1 unspecified atom stereocenters. The van der Waals surface area contributed by atoms with E-state index in [2.05, 4.69) is 5.32 Å². The van der Waals surface area contributed by atoms with Crippen LogP contribution in [0.1, 0.15) is 25.7 Å². The van der Waals surface area contributed by atoms with Crippen LogP contribution in [-0.4, -0.2) is 55.4 Å². The van der Waals surface area contributed by atoms with Gasteiger partial charge in [-0.3, -0.25) is 9.59 Å². The van der Waals surface area contributed by atoms with Crippen molar-refractivity contribution in [3.8, 4) is 0 Å². The molecule has 0 spiro atoms.